The lowest BCUT2D eigenvalue weighted by atomic mass is 10.0. The Morgan fingerprint density at radius 1 is 0.645 bits per heavy atom. The van der Waals surface area contributed by atoms with Crippen LogP contribution in [0, 0.1) is 0 Å². The first-order valence-corrected chi connectivity index (χ1v) is 10.2. The molecule has 0 fully saturated rings. The van der Waals surface area contributed by atoms with E-state index in [0.29, 0.717) is 5.89 Å². The van der Waals surface area contributed by atoms with Gasteiger partial charge in [0, 0.05) is 23.8 Å². The van der Waals surface area contributed by atoms with Crippen molar-refractivity contribution in [3.8, 4) is 22.5 Å². The number of pyridine rings is 1. The zero-order chi connectivity index (χ0) is 20.9. The maximum Gasteiger partial charge on any atom is 0.294 e. The zero-order valence-electron chi connectivity index (χ0n) is 16.9. The van der Waals surface area contributed by atoms with Crippen LogP contribution in [0.5, 0.6) is 0 Å². The van der Waals surface area contributed by atoms with Crippen LogP contribution in [0.15, 0.2) is 126 Å². The van der Waals surface area contributed by atoms with Gasteiger partial charge in [-0.3, -0.25) is 0 Å². The maximum absolute atomic E-state index is 6.15. The molecule has 3 aromatic carbocycles. The van der Waals surface area contributed by atoms with E-state index in [4.69, 9.17) is 4.42 Å². The van der Waals surface area contributed by atoms with Crippen LogP contribution in [-0.4, -0.2) is 4.98 Å². The molecule has 0 amide bonds. The highest BCUT2D eigenvalue weighted by atomic mass is 16.4. The summed E-state index contributed by atoms with van der Waals surface area (Å²) in [5, 5.41) is 0. The molecule has 3 heteroatoms. The van der Waals surface area contributed by atoms with Gasteiger partial charge in [0.05, 0.1) is 6.20 Å². The summed E-state index contributed by atoms with van der Waals surface area (Å²) in [7, 11) is 0. The first-order chi connectivity index (χ1) is 15.4. The number of rotatable bonds is 5. The number of nitrogens with zero attached hydrogens (tertiary/aromatic N) is 2. The fourth-order valence-electron chi connectivity index (χ4n) is 3.49. The summed E-state index contributed by atoms with van der Waals surface area (Å²) in [6, 6.07) is 34.9. The average molecular weight is 401 g/mol. The van der Waals surface area contributed by atoms with Crippen molar-refractivity contribution in [3.63, 3.8) is 0 Å². The maximum atomic E-state index is 6.15. The lowest BCUT2D eigenvalue weighted by Crippen LogP contribution is -2.31. The van der Waals surface area contributed by atoms with Crippen molar-refractivity contribution in [3.05, 3.63) is 133 Å². The van der Waals surface area contributed by atoms with E-state index in [-0.39, 0.29) is 0 Å². The standard InChI is InChI=1S/C28H21N2O/c1-4-10-23(11-5-1)24-16-14-22(15-17-24)20-26(30-18-8-3-9-19-30)28-29-21-27(31-28)25-12-6-2-7-13-25/h1-21H/q+1. The highest BCUT2D eigenvalue weighted by molar-refractivity contribution is 5.75. The normalized spacial score (nSPS) is 11.4. The molecule has 0 saturated carbocycles. The van der Waals surface area contributed by atoms with E-state index in [1.54, 1.807) is 6.20 Å². The van der Waals surface area contributed by atoms with Gasteiger partial charge in [-0.25, -0.2) is 4.98 Å². The van der Waals surface area contributed by atoms with Crippen molar-refractivity contribution in [2.24, 2.45) is 0 Å². The minimum absolute atomic E-state index is 0.571. The number of hydrogen-bond acceptors (Lipinski definition) is 2. The van der Waals surface area contributed by atoms with Crippen LogP contribution in [0.1, 0.15) is 11.5 Å². The molecule has 0 atom stereocenters. The predicted octanol–water partition coefficient (Wildman–Crippen LogP) is 6.34. The summed E-state index contributed by atoms with van der Waals surface area (Å²) in [4.78, 5) is 4.57. The third kappa shape index (κ3) is 4.21. The molecule has 148 valence electrons. The second-order valence-corrected chi connectivity index (χ2v) is 7.20. The van der Waals surface area contributed by atoms with Gasteiger partial charge in [-0.1, -0.05) is 91.0 Å². The smallest absolute Gasteiger partial charge is 0.294 e. The van der Waals surface area contributed by atoms with Gasteiger partial charge in [-0.2, -0.15) is 4.57 Å². The van der Waals surface area contributed by atoms with Crippen LogP contribution in [0.25, 0.3) is 34.2 Å². The Morgan fingerprint density at radius 3 is 1.90 bits per heavy atom. The van der Waals surface area contributed by atoms with E-state index < -0.39 is 0 Å². The van der Waals surface area contributed by atoms with E-state index >= 15 is 0 Å². The molecule has 0 aliphatic rings. The molecule has 0 radical (unpaired) electrons. The summed E-state index contributed by atoms with van der Waals surface area (Å²) in [6.07, 6.45) is 7.86. The first kappa shape index (κ1) is 18.8. The molecule has 0 N–H and O–H groups in total. The Morgan fingerprint density at radius 2 is 1.23 bits per heavy atom. The molecular formula is C28H21N2O+. The minimum Gasteiger partial charge on any atom is -0.432 e. The van der Waals surface area contributed by atoms with Crippen LogP contribution < -0.4 is 4.57 Å². The third-order valence-corrected chi connectivity index (χ3v) is 5.10. The molecule has 31 heavy (non-hydrogen) atoms. The number of oxazole rings is 1. The van der Waals surface area contributed by atoms with Gasteiger partial charge in [0.1, 0.15) is 0 Å². The highest BCUT2D eigenvalue weighted by Gasteiger charge is 2.20. The van der Waals surface area contributed by atoms with Crippen LogP contribution in [0.2, 0.25) is 0 Å². The van der Waals surface area contributed by atoms with Crippen molar-refractivity contribution < 1.29 is 8.98 Å². The largest absolute Gasteiger partial charge is 0.432 e. The monoisotopic (exact) mass is 401 g/mol. The molecule has 0 bridgehead atoms. The zero-order valence-corrected chi connectivity index (χ0v) is 16.9. The molecule has 2 heterocycles. The summed E-state index contributed by atoms with van der Waals surface area (Å²) < 4.78 is 8.17. The second kappa shape index (κ2) is 8.64. The molecule has 5 rings (SSSR count). The number of benzene rings is 3. The molecule has 0 saturated heterocycles. The first-order valence-electron chi connectivity index (χ1n) is 10.2. The van der Waals surface area contributed by atoms with Gasteiger partial charge in [-0.15, -0.1) is 0 Å². The van der Waals surface area contributed by atoms with E-state index in [9.17, 15) is 0 Å². The van der Waals surface area contributed by atoms with E-state index in [2.05, 4.69) is 59.6 Å². The lowest BCUT2D eigenvalue weighted by Gasteiger charge is -2.03. The van der Waals surface area contributed by atoms with E-state index in [0.717, 1.165) is 22.6 Å². The van der Waals surface area contributed by atoms with E-state index in [1.165, 1.54) is 11.1 Å². The molecular weight excluding hydrogens is 380 g/mol. The molecule has 5 aromatic rings. The van der Waals surface area contributed by atoms with Crippen molar-refractivity contribution >= 4 is 11.8 Å². The van der Waals surface area contributed by atoms with Gasteiger partial charge in [0.25, 0.3) is 11.6 Å². The lowest BCUT2D eigenvalue weighted by molar-refractivity contribution is -0.579. The molecule has 0 aliphatic carbocycles. The topological polar surface area (TPSA) is 29.9 Å². The Labute approximate surface area is 181 Å². The summed E-state index contributed by atoms with van der Waals surface area (Å²) >= 11 is 0. The van der Waals surface area contributed by atoms with Crippen molar-refractivity contribution in [2.45, 2.75) is 0 Å². The molecule has 0 spiro atoms. The molecule has 0 aliphatic heterocycles. The van der Waals surface area contributed by atoms with Gasteiger partial charge in [0.2, 0.25) is 0 Å². The van der Waals surface area contributed by atoms with Crippen molar-refractivity contribution in [1.82, 2.24) is 4.98 Å². The Bertz CT molecular complexity index is 1290. The third-order valence-electron chi connectivity index (χ3n) is 5.10. The Hall–Kier alpha value is -4.24. The van der Waals surface area contributed by atoms with Gasteiger partial charge in [0.15, 0.2) is 18.2 Å². The van der Waals surface area contributed by atoms with Crippen LogP contribution in [-0.2, 0) is 0 Å². The fourth-order valence-corrected chi connectivity index (χ4v) is 3.49. The van der Waals surface area contributed by atoms with Gasteiger partial charge >= 0.3 is 0 Å². The minimum atomic E-state index is 0.571. The molecule has 0 unspecified atom stereocenters. The number of hydrogen-bond donors (Lipinski definition) is 0. The van der Waals surface area contributed by atoms with Gasteiger partial charge < -0.3 is 4.42 Å². The Balaban J connectivity index is 1.53. The predicted molar refractivity (Wildman–Crippen MR) is 124 cm³/mol. The van der Waals surface area contributed by atoms with Gasteiger partial charge in [-0.05, 0) is 16.7 Å². The van der Waals surface area contributed by atoms with Crippen LogP contribution >= 0.6 is 0 Å². The average Bonchev–Trinajstić information content (AvgIpc) is 3.35. The summed E-state index contributed by atoms with van der Waals surface area (Å²) in [5.41, 5.74) is 5.34. The summed E-state index contributed by atoms with van der Waals surface area (Å²) in [6.45, 7) is 0. The highest BCUT2D eigenvalue weighted by Crippen LogP contribution is 2.25. The SMILES string of the molecule is C(=C(c1ncc(-c2ccccc2)o1)[n+]1ccccc1)c1ccc(-c2ccccc2)cc1. The summed E-state index contributed by atoms with van der Waals surface area (Å²) in [5.74, 6) is 1.32. The molecule has 2 aromatic heterocycles. The second-order valence-electron chi connectivity index (χ2n) is 7.20. The van der Waals surface area contributed by atoms with Crippen molar-refractivity contribution in [1.29, 1.82) is 0 Å². The Kier molecular flexibility index (Phi) is 5.23. The van der Waals surface area contributed by atoms with Crippen molar-refractivity contribution in [2.75, 3.05) is 0 Å². The van der Waals surface area contributed by atoms with Crippen LogP contribution in [0.4, 0.5) is 0 Å². The number of aromatic nitrogens is 2. The van der Waals surface area contributed by atoms with Crippen LogP contribution in [0.3, 0.4) is 0 Å². The van der Waals surface area contributed by atoms with E-state index in [1.807, 2.05) is 71.6 Å². The molecule has 3 nitrogen and oxygen atoms in total. The fraction of sp³-hybridized carbons (Fsp3) is 0. The quantitative estimate of drug-likeness (QED) is 0.322.